The van der Waals surface area contributed by atoms with E-state index < -0.39 is 5.91 Å². The maximum atomic E-state index is 12.2. The summed E-state index contributed by atoms with van der Waals surface area (Å²) in [6.45, 7) is 0. The molecule has 2 rings (SSSR count). The van der Waals surface area contributed by atoms with Crippen LogP contribution in [0.5, 0.6) is 0 Å². The first-order valence-corrected chi connectivity index (χ1v) is 7.33. The van der Waals surface area contributed by atoms with Gasteiger partial charge in [-0.3, -0.25) is 4.79 Å². The second kappa shape index (κ2) is 7.48. The molecule has 0 aliphatic heterocycles. The average Bonchev–Trinajstić information content (AvgIpc) is 2.55. The zero-order chi connectivity index (χ0) is 16.8. The predicted octanol–water partition coefficient (Wildman–Crippen LogP) is 3.95. The quantitative estimate of drug-likeness (QED) is 0.684. The van der Waals surface area contributed by atoms with Gasteiger partial charge in [-0.2, -0.15) is 5.26 Å². The summed E-state index contributed by atoms with van der Waals surface area (Å²) in [6.07, 6.45) is 1.56. The molecule has 0 spiro atoms. The lowest BCUT2D eigenvalue weighted by molar-refractivity contribution is -0.112. The van der Waals surface area contributed by atoms with Gasteiger partial charge < -0.3 is 10.2 Å². The van der Waals surface area contributed by atoms with E-state index in [1.54, 1.807) is 30.3 Å². The minimum atomic E-state index is -0.452. The summed E-state index contributed by atoms with van der Waals surface area (Å²) < 4.78 is 0. The number of carbonyl (C=O) groups is 1. The fourth-order valence-electron chi connectivity index (χ4n) is 1.92. The summed E-state index contributed by atoms with van der Waals surface area (Å²) in [5, 5.41) is 12.5. The molecule has 1 amide bonds. The van der Waals surface area contributed by atoms with Crippen molar-refractivity contribution < 1.29 is 4.79 Å². The molecule has 0 aliphatic carbocycles. The Kier molecular flexibility index (Phi) is 5.40. The Labute approximate surface area is 140 Å². The molecular weight excluding hydrogens is 310 g/mol. The van der Waals surface area contributed by atoms with Crippen LogP contribution < -0.4 is 10.2 Å². The van der Waals surface area contributed by atoms with Crippen LogP contribution in [0.3, 0.4) is 0 Å². The third-order valence-electron chi connectivity index (χ3n) is 3.19. The van der Waals surface area contributed by atoms with Crippen molar-refractivity contribution in [2.24, 2.45) is 0 Å². The van der Waals surface area contributed by atoms with E-state index >= 15 is 0 Å². The number of nitrogens with zero attached hydrogens (tertiary/aromatic N) is 2. The third kappa shape index (κ3) is 4.60. The summed E-state index contributed by atoms with van der Waals surface area (Å²) in [6, 6.07) is 16.2. The van der Waals surface area contributed by atoms with Crippen molar-refractivity contribution in [1.29, 1.82) is 5.26 Å². The summed E-state index contributed by atoms with van der Waals surface area (Å²) in [5.41, 5.74) is 2.46. The van der Waals surface area contributed by atoms with E-state index in [0.29, 0.717) is 10.7 Å². The average molecular weight is 326 g/mol. The monoisotopic (exact) mass is 325 g/mol. The highest BCUT2D eigenvalue weighted by molar-refractivity contribution is 6.30. The zero-order valence-corrected chi connectivity index (χ0v) is 13.6. The molecule has 0 unspecified atom stereocenters. The Bertz CT molecular complexity index is 756. The van der Waals surface area contributed by atoms with Crippen LogP contribution >= 0.6 is 11.6 Å². The van der Waals surface area contributed by atoms with Crippen molar-refractivity contribution in [2.75, 3.05) is 24.3 Å². The van der Waals surface area contributed by atoms with Crippen molar-refractivity contribution in [3.8, 4) is 6.07 Å². The first-order valence-electron chi connectivity index (χ1n) is 6.95. The predicted molar refractivity (Wildman–Crippen MR) is 94.4 cm³/mol. The molecule has 0 bridgehead atoms. The van der Waals surface area contributed by atoms with Crippen molar-refractivity contribution in [2.45, 2.75) is 0 Å². The molecule has 1 N–H and O–H groups in total. The number of hydrogen-bond donors (Lipinski definition) is 1. The van der Waals surface area contributed by atoms with Gasteiger partial charge >= 0.3 is 0 Å². The van der Waals surface area contributed by atoms with E-state index in [2.05, 4.69) is 5.32 Å². The molecule has 5 heteroatoms. The van der Waals surface area contributed by atoms with Gasteiger partial charge in [0, 0.05) is 30.5 Å². The largest absolute Gasteiger partial charge is 0.378 e. The first-order chi connectivity index (χ1) is 11.0. The molecule has 2 aromatic carbocycles. The van der Waals surface area contributed by atoms with Gasteiger partial charge in [0.2, 0.25) is 0 Å². The fourth-order valence-corrected chi connectivity index (χ4v) is 2.04. The molecule has 0 saturated carbocycles. The van der Waals surface area contributed by atoms with E-state index in [0.717, 1.165) is 11.3 Å². The van der Waals surface area contributed by atoms with Crippen LogP contribution in [0.2, 0.25) is 5.02 Å². The molecule has 0 aromatic heterocycles. The van der Waals surface area contributed by atoms with Crippen molar-refractivity contribution in [3.63, 3.8) is 0 Å². The van der Waals surface area contributed by atoms with Crippen LogP contribution in [0.4, 0.5) is 11.4 Å². The molecule has 0 heterocycles. The minimum absolute atomic E-state index is 0.0394. The summed E-state index contributed by atoms with van der Waals surface area (Å²) in [5.74, 6) is -0.452. The Morgan fingerprint density at radius 2 is 1.74 bits per heavy atom. The highest BCUT2D eigenvalue weighted by Gasteiger charge is 2.09. The lowest BCUT2D eigenvalue weighted by Gasteiger charge is -2.11. The zero-order valence-electron chi connectivity index (χ0n) is 12.9. The van der Waals surface area contributed by atoms with Crippen molar-refractivity contribution in [3.05, 3.63) is 64.7 Å². The van der Waals surface area contributed by atoms with E-state index in [4.69, 9.17) is 11.6 Å². The maximum absolute atomic E-state index is 12.2. The minimum Gasteiger partial charge on any atom is -0.378 e. The van der Waals surface area contributed by atoms with E-state index in [1.807, 2.05) is 49.3 Å². The van der Waals surface area contributed by atoms with Crippen molar-refractivity contribution >= 4 is 35.0 Å². The molecule has 116 valence electrons. The lowest BCUT2D eigenvalue weighted by atomic mass is 10.1. The first kappa shape index (κ1) is 16.6. The Morgan fingerprint density at radius 1 is 1.13 bits per heavy atom. The van der Waals surface area contributed by atoms with Gasteiger partial charge in [-0.1, -0.05) is 23.7 Å². The highest BCUT2D eigenvalue weighted by Crippen LogP contribution is 2.17. The van der Waals surface area contributed by atoms with Crippen LogP contribution in [0.25, 0.3) is 6.08 Å². The molecular formula is C18H16ClN3O. The molecule has 2 aromatic rings. The Hall–Kier alpha value is -2.77. The normalized spacial score (nSPS) is 10.8. The van der Waals surface area contributed by atoms with Gasteiger partial charge in [0.05, 0.1) is 0 Å². The molecule has 0 atom stereocenters. The standard InChI is InChI=1S/C18H16ClN3O/c1-22(2)17-9-3-13(4-10-17)11-14(12-20)18(23)21-16-7-5-15(19)6-8-16/h3-11H,1-2H3,(H,21,23)/b14-11-. The SMILES string of the molecule is CN(C)c1ccc(/C=C(/C#N)C(=O)Nc2ccc(Cl)cc2)cc1. The van der Waals surface area contributed by atoms with Crippen molar-refractivity contribution in [1.82, 2.24) is 0 Å². The van der Waals surface area contributed by atoms with Gasteiger partial charge in [-0.15, -0.1) is 0 Å². The van der Waals surface area contributed by atoms with Gasteiger partial charge in [-0.05, 0) is 48.0 Å². The van der Waals surface area contributed by atoms with Crippen LogP contribution in [0.15, 0.2) is 54.1 Å². The summed E-state index contributed by atoms with van der Waals surface area (Å²) in [7, 11) is 3.90. The molecule has 23 heavy (non-hydrogen) atoms. The van der Waals surface area contributed by atoms with Gasteiger partial charge in [0.25, 0.3) is 5.91 Å². The fraction of sp³-hybridized carbons (Fsp3) is 0.111. The molecule has 0 fully saturated rings. The molecule has 4 nitrogen and oxygen atoms in total. The smallest absolute Gasteiger partial charge is 0.266 e. The van der Waals surface area contributed by atoms with Crippen LogP contribution in [0, 0.1) is 11.3 Å². The van der Waals surface area contributed by atoms with E-state index in [1.165, 1.54) is 0 Å². The summed E-state index contributed by atoms with van der Waals surface area (Å²) >= 11 is 5.80. The van der Waals surface area contributed by atoms with Gasteiger partial charge in [-0.25, -0.2) is 0 Å². The van der Waals surface area contributed by atoms with E-state index in [-0.39, 0.29) is 5.57 Å². The Balaban J connectivity index is 2.16. The lowest BCUT2D eigenvalue weighted by Crippen LogP contribution is -2.13. The van der Waals surface area contributed by atoms with E-state index in [9.17, 15) is 10.1 Å². The second-order valence-corrected chi connectivity index (χ2v) is 5.55. The number of nitriles is 1. The number of benzene rings is 2. The van der Waals surface area contributed by atoms with Gasteiger partial charge in [0.15, 0.2) is 0 Å². The Morgan fingerprint density at radius 3 is 2.26 bits per heavy atom. The maximum Gasteiger partial charge on any atom is 0.266 e. The molecule has 0 saturated heterocycles. The number of carbonyl (C=O) groups excluding carboxylic acids is 1. The van der Waals surface area contributed by atoms with Gasteiger partial charge in [0.1, 0.15) is 11.6 Å². The summed E-state index contributed by atoms with van der Waals surface area (Å²) in [4.78, 5) is 14.1. The number of hydrogen-bond acceptors (Lipinski definition) is 3. The second-order valence-electron chi connectivity index (χ2n) is 5.12. The number of amides is 1. The third-order valence-corrected chi connectivity index (χ3v) is 3.44. The molecule has 0 radical (unpaired) electrons. The topological polar surface area (TPSA) is 56.1 Å². The van der Waals surface area contributed by atoms with Crippen LogP contribution in [-0.4, -0.2) is 20.0 Å². The van der Waals surface area contributed by atoms with Crippen LogP contribution in [-0.2, 0) is 4.79 Å². The number of halogens is 1. The highest BCUT2D eigenvalue weighted by atomic mass is 35.5. The van der Waals surface area contributed by atoms with Crippen LogP contribution in [0.1, 0.15) is 5.56 Å². The number of rotatable bonds is 4. The number of anilines is 2. The molecule has 0 aliphatic rings. The number of nitrogens with one attached hydrogen (secondary N) is 1.